The summed E-state index contributed by atoms with van der Waals surface area (Å²) >= 11 is 0. The molecular formula is C10H19NaO8S. The summed E-state index contributed by atoms with van der Waals surface area (Å²) < 4.78 is 38.4. The van der Waals surface area contributed by atoms with E-state index in [1.54, 1.807) is 0 Å². The third-order valence-electron chi connectivity index (χ3n) is 1.69. The van der Waals surface area contributed by atoms with Gasteiger partial charge in [-0.1, -0.05) is 0 Å². The number of esters is 1. The predicted octanol–water partition coefficient (Wildman–Crippen LogP) is -4.01. The van der Waals surface area contributed by atoms with Crippen LogP contribution in [0.2, 0.25) is 0 Å². The topological polar surface area (TPSA) is 130 Å². The summed E-state index contributed by atoms with van der Waals surface area (Å²) in [4.78, 5) is 20.9. The largest absolute Gasteiger partial charge is 1.00 e. The standard InChI is InChI=1S/C6H10O7S.C4H10O.Na/c1-2-13-5(7)3-4(6(8)9)14(10,11)12;1-3-5-4-2;/h4H,2-3H2,1H3,(H,8,9)(H,10,11,12);3-4H2,1-2H3;/q;;+1/p-1. The van der Waals surface area contributed by atoms with Gasteiger partial charge in [0.05, 0.1) is 19.0 Å². The Morgan fingerprint density at radius 1 is 1.15 bits per heavy atom. The van der Waals surface area contributed by atoms with Crippen molar-refractivity contribution in [2.24, 2.45) is 0 Å². The fourth-order valence-corrected chi connectivity index (χ4v) is 1.48. The van der Waals surface area contributed by atoms with E-state index >= 15 is 0 Å². The third kappa shape index (κ3) is 14.2. The zero-order chi connectivity index (χ0) is 15.5. The summed E-state index contributed by atoms with van der Waals surface area (Å²) in [6.45, 7) is 7.13. The minimum Gasteiger partial charge on any atom is -0.549 e. The van der Waals surface area contributed by atoms with Crippen LogP contribution in [0.1, 0.15) is 27.2 Å². The number of rotatable bonds is 7. The van der Waals surface area contributed by atoms with Gasteiger partial charge in [-0.2, -0.15) is 8.42 Å². The van der Waals surface area contributed by atoms with Crippen LogP contribution >= 0.6 is 0 Å². The van der Waals surface area contributed by atoms with E-state index in [0.29, 0.717) is 0 Å². The smallest absolute Gasteiger partial charge is 0.549 e. The molecular weight excluding hydrogens is 303 g/mol. The summed E-state index contributed by atoms with van der Waals surface area (Å²) in [5, 5.41) is 7.95. The molecule has 0 aromatic carbocycles. The van der Waals surface area contributed by atoms with Gasteiger partial charge in [0, 0.05) is 13.2 Å². The normalized spacial score (nSPS) is 11.4. The molecule has 0 radical (unpaired) electrons. The second kappa shape index (κ2) is 13.8. The number of carbonyl (C=O) groups excluding carboxylic acids is 2. The van der Waals surface area contributed by atoms with E-state index in [0.717, 1.165) is 13.2 Å². The molecule has 0 fully saturated rings. The van der Waals surface area contributed by atoms with Gasteiger partial charge in [-0.15, -0.1) is 0 Å². The number of hydrogen-bond donors (Lipinski definition) is 1. The number of carboxylic acid groups (broad SMARTS) is 1. The first-order chi connectivity index (χ1) is 8.70. The molecule has 0 aliphatic rings. The van der Waals surface area contributed by atoms with Crippen molar-refractivity contribution < 1.29 is 66.7 Å². The van der Waals surface area contributed by atoms with Crippen LogP contribution in [-0.4, -0.2) is 50.0 Å². The maximum atomic E-state index is 10.7. The minimum atomic E-state index is -4.84. The van der Waals surface area contributed by atoms with Crippen LogP contribution in [0.3, 0.4) is 0 Å². The summed E-state index contributed by atoms with van der Waals surface area (Å²) in [5.74, 6) is -3.07. The molecule has 0 bridgehead atoms. The zero-order valence-electron chi connectivity index (χ0n) is 12.1. The fraction of sp³-hybridized carbons (Fsp3) is 0.800. The van der Waals surface area contributed by atoms with Crippen molar-refractivity contribution in [1.82, 2.24) is 0 Å². The number of ether oxygens (including phenoxy) is 2. The van der Waals surface area contributed by atoms with Crippen LogP contribution in [0.15, 0.2) is 0 Å². The molecule has 1 N–H and O–H groups in total. The molecule has 10 heteroatoms. The molecule has 0 aromatic heterocycles. The average Bonchev–Trinajstić information content (AvgIpc) is 2.26. The zero-order valence-corrected chi connectivity index (χ0v) is 14.9. The predicted molar refractivity (Wildman–Crippen MR) is 63.8 cm³/mol. The molecule has 0 heterocycles. The molecule has 0 rings (SSSR count). The molecule has 1 unspecified atom stereocenters. The van der Waals surface area contributed by atoms with Gasteiger partial charge in [0.1, 0.15) is 5.25 Å². The first-order valence-electron chi connectivity index (χ1n) is 5.61. The van der Waals surface area contributed by atoms with E-state index in [2.05, 4.69) is 4.74 Å². The fourth-order valence-electron chi connectivity index (χ4n) is 0.886. The second-order valence-corrected chi connectivity index (χ2v) is 4.71. The van der Waals surface area contributed by atoms with Crippen LogP contribution in [-0.2, 0) is 29.2 Å². The molecule has 1 atom stereocenters. The summed E-state index contributed by atoms with van der Waals surface area (Å²) in [6.07, 6.45) is -0.963. The maximum absolute atomic E-state index is 10.7. The van der Waals surface area contributed by atoms with E-state index < -0.39 is 33.7 Å². The van der Waals surface area contributed by atoms with Gasteiger partial charge in [-0.25, -0.2) is 0 Å². The van der Waals surface area contributed by atoms with Gasteiger partial charge in [-0.05, 0) is 20.8 Å². The molecule has 0 amide bonds. The molecule has 0 aliphatic heterocycles. The van der Waals surface area contributed by atoms with Gasteiger partial charge in [-0.3, -0.25) is 9.35 Å². The maximum Gasteiger partial charge on any atom is 1.00 e. The molecule has 0 aliphatic carbocycles. The van der Waals surface area contributed by atoms with E-state index in [9.17, 15) is 23.1 Å². The molecule has 0 saturated heterocycles. The Bertz CT molecular complexity index is 365. The van der Waals surface area contributed by atoms with E-state index in [1.165, 1.54) is 6.92 Å². The van der Waals surface area contributed by atoms with Crippen LogP contribution < -0.4 is 34.7 Å². The summed E-state index contributed by atoms with van der Waals surface area (Å²) in [6, 6.07) is 0. The van der Waals surface area contributed by atoms with Crippen molar-refractivity contribution in [2.75, 3.05) is 19.8 Å². The van der Waals surface area contributed by atoms with E-state index in [4.69, 9.17) is 9.29 Å². The second-order valence-electron chi connectivity index (χ2n) is 3.11. The molecule has 20 heavy (non-hydrogen) atoms. The van der Waals surface area contributed by atoms with Crippen LogP contribution in [0.5, 0.6) is 0 Å². The van der Waals surface area contributed by atoms with Gasteiger partial charge in [0.2, 0.25) is 0 Å². The molecule has 114 valence electrons. The Morgan fingerprint density at radius 3 is 1.80 bits per heavy atom. The van der Waals surface area contributed by atoms with E-state index in [-0.39, 0.29) is 36.2 Å². The number of aliphatic carboxylic acids is 1. The van der Waals surface area contributed by atoms with Crippen molar-refractivity contribution in [3.05, 3.63) is 0 Å². The Morgan fingerprint density at radius 2 is 1.60 bits per heavy atom. The Kier molecular flexibility index (Phi) is 17.1. The average molecular weight is 322 g/mol. The first-order valence-corrected chi connectivity index (χ1v) is 7.11. The van der Waals surface area contributed by atoms with Crippen molar-refractivity contribution in [3.63, 3.8) is 0 Å². The van der Waals surface area contributed by atoms with E-state index in [1.807, 2.05) is 13.8 Å². The van der Waals surface area contributed by atoms with Crippen LogP contribution in [0.4, 0.5) is 0 Å². The molecule has 0 saturated carbocycles. The molecule has 8 nitrogen and oxygen atoms in total. The monoisotopic (exact) mass is 322 g/mol. The summed E-state index contributed by atoms with van der Waals surface area (Å²) in [5.41, 5.74) is 0. The van der Waals surface area contributed by atoms with Crippen molar-refractivity contribution >= 4 is 22.1 Å². The Labute approximate surface area is 140 Å². The Hall–Kier alpha value is -0.190. The molecule has 0 spiro atoms. The van der Waals surface area contributed by atoms with Gasteiger partial charge >= 0.3 is 35.5 Å². The first kappa shape index (κ1) is 24.8. The number of carboxylic acids is 1. The van der Waals surface area contributed by atoms with Gasteiger partial charge < -0.3 is 19.4 Å². The van der Waals surface area contributed by atoms with Gasteiger partial charge in [0.25, 0.3) is 10.1 Å². The third-order valence-corrected chi connectivity index (χ3v) is 2.77. The molecule has 0 aromatic rings. The van der Waals surface area contributed by atoms with Gasteiger partial charge in [0.15, 0.2) is 0 Å². The number of hydrogen-bond acceptors (Lipinski definition) is 7. The summed E-state index contributed by atoms with van der Waals surface area (Å²) in [7, 11) is -4.84. The quantitative estimate of drug-likeness (QED) is 0.285. The van der Waals surface area contributed by atoms with Crippen LogP contribution in [0, 0.1) is 0 Å². The Balaban J connectivity index is -0.000000414. The minimum absolute atomic E-state index is 0. The number of carbonyl (C=O) groups is 2. The SMILES string of the molecule is CCOC(=O)CC(C(=O)[O-])S(=O)(=O)O.CCOCC.[Na+]. The van der Waals surface area contributed by atoms with Crippen molar-refractivity contribution in [2.45, 2.75) is 32.4 Å². The van der Waals surface area contributed by atoms with Crippen molar-refractivity contribution in [3.8, 4) is 0 Å². The van der Waals surface area contributed by atoms with Crippen molar-refractivity contribution in [1.29, 1.82) is 0 Å². The van der Waals surface area contributed by atoms with Crippen LogP contribution in [0.25, 0.3) is 0 Å².